The Labute approximate surface area is 137 Å². The molecule has 0 fully saturated rings. The number of nitrogens with zero attached hydrogens (tertiary/aromatic N) is 2. The zero-order valence-corrected chi connectivity index (χ0v) is 13.2. The van der Waals surface area contributed by atoms with E-state index in [9.17, 15) is 4.39 Å². The van der Waals surface area contributed by atoms with E-state index in [1.807, 2.05) is 29.6 Å². The second kappa shape index (κ2) is 7.02. The van der Waals surface area contributed by atoms with Gasteiger partial charge in [0.15, 0.2) is 0 Å². The number of hydrazone groups is 1. The number of benzene rings is 2. The second-order valence-corrected chi connectivity index (χ2v) is 5.55. The first-order valence-corrected chi connectivity index (χ1v) is 7.77. The lowest BCUT2D eigenvalue weighted by Crippen LogP contribution is -1.90. The van der Waals surface area contributed by atoms with Crippen LogP contribution in [0.15, 0.2) is 59.0 Å². The van der Waals surface area contributed by atoms with Crippen molar-refractivity contribution >= 4 is 22.7 Å². The summed E-state index contributed by atoms with van der Waals surface area (Å²) in [5.74, 6) is 0.547. The normalized spacial score (nSPS) is 10.9. The fourth-order valence-electron chi connectivity index (χ4n) is 1.93. The van der Waals surface area contributed by atoms with Crippen molar-refractivity contribution in [3.8, 4) is 17.0 Å². The van der Waals surface area contributed by atoms with Gasteiger partial charge in [0.2, 0.25) is 5.13 Å². The summed E-state index contributed by atoms with van der Waals surface area (Å²) in [6, 6.07) is 13.8. The van der Waals surface area contributed by atoms with E-state index in [0.29, 0.717) is 5.13 Å². The summed E-state index contributed by atoms with van der Waals surface area (Å²) in [5, 5.41) is 6.75. The number of hydrogen-bond acceptors (Lipinski definition) is 5. The quantitative estimate of drug-likeness (QED) is 0.558. The molecule has 0 aliphatic carbocycles. The van der Waals surface area contributed by atoms with Crippen LogP contribution in [0, 0.1) is 5.82 Å². The minimum Gasteiger partial charge on any atom is -0.497 e. The Bertz CT molecular complexity index is 797. The molecule has 23 heavy (non-hydrogen) atoms. The number of methoxy groups -OCH3 is 1. The Morgan fingerprint density at radius 2 is 1.87 bits per heavy atom. The predicted molar refractivity (Wildman–Crippen MR) is 91.7 cm³/mol. The van der Waals surface area contributed by atoms with Crippen molar-refractivity contribution in [1.29, 1.82) is 0 Å². The minimum atomic E-state index is -0.265. The molecule has 3 rings (SSSR count). The second-order valence-electron chi connectivity index (χ2n) is 4.69. The fraction of sp³-hybridized carbons (Fsp3) is 0.0588. The van der Waals surface area contributed by atoms with Crippen molar-refractivity contribution in [3.05, 3.63) is 65.3 Å². The van der Waals surface area contributed by atoms with Gasteiger partial charge in [-0.05, 0) is 42.0 Å². The first-order valence-electron chi connectivity index (χ1n) is 6.89. The molecule has 0 bridgehead atoms. The Morgan fingerprint density at radius 1 is 1.13 bits per heavy atom. The van der Waals surface area contributed by atoms with Gasteiger partial charge in [0.05, 0.1) is 19.0 Å². The smallest absolute Gasteiger partial charge is 0.203 e. The van der Waals surface area contributed by atoms with E-state index in [1.165, 1.54) is 23.5 Å². The third kappa shape index (κ3) is 3.92. The van der Waals surface area contributed by atoms with Crippen molar-refractivity contribution in [2.75, 3.05) is 12.5 Å². The van der Waals surface area contributed by atoms with E-state index in [4.69, 9.17) is 4.74 Å². The topological polar surface area (TPSA) is 46.5 Å². The van der Waals surface area contributed by atoms with Crippen LogP contribution in [0.2, 0.25) is 0 Å². The average Bonchev–Trinajstić information content (AvgIpc) is 3.06. The lowest BCUT2D eigenvalue weighted by Gasteiger charge is -2.00. The summed E-state index contributed by atoms with van der Waals surface area (Å²) in [7, 11) is 1.64. The number of nitrogens with one attached hydrogen (secondary N) is 1. The van der Waals surface area contributed by atoms with Gasteiger partial charge >= 0.3 is 0 Å². The van der Waals surface area contributed by atoms with E-state index in [2.05, 4.69) is 15.5 Å². The van der Waals surface area contributed by atoms with Gasteiger partial charge in [0.1, 0.15) is 11.6 Å². The number of hydrogen-bond donors (Lipinski definition) is 1. The molecule has 0 saturated carbocycles. The minimum absolute atomic E-state index is 0.265. The molecule has 3 aromatic rings. The van der Waals surface area contributed by atoms with Crippen molar-refractivity contribution < 1.29 is 9.13 Å². The van der Waals surface area contributed by atoms with Crippen LogP contribution in [-0.2, 0) is 0 Å². The lowest BCUT2D eigenvalue weighted by atomic mass is 10.2. The van der Waals surface area contributed by atoms with Crippen LogP contribution in [0.1, 0.15) is 5.56 Å². The van der Waals surface area contributed by atoms with Gasteiger partial charge in [-0.15, -0.1) is 11.3 Å². The molecule has 1 N–H and O–H groups in total. The van der Waals surface area contributed by atoms with Crippen LogP contribution in [-0.4, -0.2) is 18.3 Å². The molecule has 0 unspecified atom stereocenters. The van der Waals surface area contributed by atoms with E-state index in [0.717, 1.165) is 22.6 Å². The van der Waals surface area contributed by atoms with Crippen LogP contribution in [0.4, 0.5) is 9.52 Å². The molecule has 0 amide bonds. The molecular formula is C17H14FN3OS. The van der Waals surface area contributed by atoms with Crippen molar-refractivity contribution in [1.82, 2.24) is 4.98 Å². The zero-order chi connectivity index (χ0) is 16.1. The molecule has 0 spiro atoms. The largest absolute Gasteiger partial charge is 0.497 e. The number of rotatable bonds is 5. The maximum absolute atomic E-state index is 12.8. The molecule has 1 aromatic heterocycles. The summed E-state index contributed by atoms with van der Waals surface area (Å²) in [5.41, 5.74) is 5.57. The standard InChI is InChI=1S/C17H14FN3OS/c1-22-15-8-4-13(5-9-15)16-11-23-17(20-16)21-19-10-12-2-6-14(18)7-3-12/h2-11H,1H3,(H,20,21)/b19-10+. The molecule has 0 aliphatic heterocycles. The van der Waals surface area contributed by atoms with Crippen molar-refractivity contribution in [3.63, 3.8) is 0 Å². The molecule has 2 aromatic carbocycles. The summed E-state index contributed by atoms with van der Waals surface area (Å²) in [6.07, 6.45) is 1.62. The first kappa shape index (κ1) is 15.2. The number of thiazole rings is 1. The molecule has 0 radical (unpaired) electrons. The molecule has 1 heterocycles. The van der Waals surface area contributed by atoms with Crippen LogP contribution < -0.4 is 10.2 Å². The van der Waals surface area contributed by atoms with Gasteiger partial charge in [-0.2, -0.15) is 5.10 Å². The number of aromatic nitrogens is 1. The van der Waals surface area contributed by atoms with E-state index in [1.54, 1.807) is 25.5 Å². The Kier molecular flexibility index (Phi) is 4.63. The average molecular weight is 327 g/mol. The summed E-state index contributed by atoms with van der Waals surface area (Å²) in [6.45, 7) is 0. The number of ether oxygens (including phenoxy) is 1. The third-order valence-electron chi connectivity index (χ3n) is 3.13. The summed E-state index contributed by atoms with van der Waals surface area (Å²) < 4.78 is 17.9. The summed E-state index contributed by atoms with van der Waals surface area (Å²) >= 11 is 1.46. The Morgan fingerprint density at radius 3 is 2.57 bits per heavy atom. The van der Waals surface area contributed by atoms with Gasteiger partial charge in [-0.1, -0.05) is 12.1 Å². The molecule has 6 heteroatoms. The number of anilines is 1. The molecule has 116 valence electrons. The van der Waals surface area contributed by atoms with Gasteiger partial charge in [-0.25, -0.2) is 9.37 Å². The highest BCUT2D eigenvalue weighted by molar-refractivity contribution is 7.14. The highest BCUT2D eigenvalue weighted by Crippen LogP contribution is 2.26. The molecular weight excluding hydrogens is 313 g/mol. The van der Waals surface area contributed by atoms with Gasteiger partial charge in [-0.3, -0.25) is 5.43 Å². The lowest BCUT2D eigenvalue weighted by molar-refractivity contribution is 0.415. The van der Waals surface area contributed by atoms with Crippen molar-refractivity contribution in [2.24, 2.45) is 5.10 Å². The van der Waals surface area contributed by atoms with E-state index in [-0.39, 0.29) is 5.82 Å². The van der Waals surface area contributed by atoms with Gasteiger partial charge in [0, 0.05) is 10.9 Å². The Balaban J connectivity index is 1.65. The van der Waals surface area contributed by atoms with Gasteiger partial charge in [0.25, 0.3) is 0 Å². The molecule has 4 nitrogen and oxygen atoms in total. The van der Waals surface area contributed by atoms with Crippen molar-refractivity contribution in [2.45, 2.75) is 0 Å². The first-order chi connectivity index (χ1) is 11.2. The fourth-order valence-corrected chi connectivity index (χ4v) is 2.60. The molecule has 0 saturated heterocycles. The van der Waals surface area contributed by atoms with E-state index >= 15 is 0 Å². The maximum Gasteiger partial charge on any atom is 0.203 e. The van der Waals surface area contributed by atoms with E-state index < -0.39 is 0 Å². The van der Waals surface area contributed by atoms with Crippen LogP contribution in [0.5, 0.6) is 5.75 Å². The Hall–Kier alpha value is -2.73. The highest BCUT2D eigenvalue weighted by atomic mass is 32.1. The third-order valence-corrected chi connectivity index (χ3v) is 3.88. The van der Waals surface area contributed by atoms with Crippen LogP contribution in [0.3, 0.4) is 0 Å². The molecule has 0 aliphatic rings. The van der Waals surface area contributed by atoms with Crippen LogP contribution >= 0.6 is 11.3 Å². The van der Waals surface area contributed by atoms with Gasteiger partial charge < -0.3 is 4.74 Å². The predicted octanol–water partition coefficient (Wildman–Crippen LogP) is 4.40. The highest BCUT2D eigenvalue weighted by Gasteiger charge is 2.04. The molecule has 0 atom stereocenters. The SMILES string of the molecule is COc1ccc(-c2csc(N/N=C/c3ccc(F)cc3)n2)cc1. The number of halogens is 1. The van der Waals surface area contributed by atoms with Crippen LogP contribution in [0.25, 0.3) is 11.3 Å². The monoisotopic (exact) mass is 327 g/mol. The zero-order valence-electron chi connectivity index (χ0n) is 12.4. The maximum atomic E-state index is 12.8. The summed E-state index contributed by atoms with van der Waals surface area (Å²) in [4.78, 5) is 4.47.